The summed E-state index contributed by atoms with van der Waals surface area (Å²) < 4.78 is 0.660. The highest BCUT2D eigenvalue weighted by atomic mass is 79.9. The van der Waals surface area contributed by atoms with Gasteiger partial charge >= 0.3 is 5.97 Å². The van der Waals surface area contributed by atoms with Crippen LogP contribution in [0, 0.1) is 0 Å². The van der Waals surface area contributed by atoms with Crippen LogP contribution in [0.2, 0.25) is 0 Å². The fourth-order valence-electron chi connectivity index (χ4n) is 1.24. The molecule has 16 heavy (non-hydrogen) atoms. The zero-order chi connectivity index (χ0) is 12.1. The molecule has 0 amide bonds. The summed E-state index contributed by atoms with van der Waals surface area (Å²) in [6.45, 7) is 1.99. The summed E-state index contributed by atoms with van der Waals surface area (Å²) in [6.07, 6.45) is 3.59. The molecule has 1 aromatic heterocycles. The van der Waals surface area contributed by atoms with Crippen LogP contribution >= 0.6 is 27.7 Å². The van der Waals surface area contributed by atoms with E-state index in [2.05, 4.69) is 26.2 Å². The summed E-state index contributed by atoms with van der Waals surface area (Å²) in [5.74, 6) is 0.335. The van der Waals surface area contributed by atoms with Crippen LogP contribution in [0.1, 0.15) is 17.3 Å². The third-order valence-corrected chi connectivity index (χ3v) is 3.15. The minimum Gasteiger partial charge on any atom is -0.478 e. The Morgan fingerprint density at radius 3 is 3.00 bits per heavy atom. The summed E-state index contributed by atoms with van der Waals surface area (Å²) in [7, 11) is 0. The average Bonchev–Trinajstić information content (AvgIpc) is 2.20. The van der Waals surface area contributed by atoms with E-state index in [-0.39, 0.29) is 11.6 Å². The highest BCUT2D eigenvalue weighted by Gasteiger charge is 2.13. The fraction of sp³-hybridized carbons (Fsp3) is 0.400. The molecule has 0 radical (unpaired) electrons. The van der Waals surface area contributed by atoms with Gasteiger partial charge in [-0.15, -0.1) is 0 Å². The Balaban J connectivity index is 2.90. The second-order valence-corrected chi connectivity index (χ2v) is 5.18. The molecule has 0 aliphatic heterocycles. The second kappa shape index (κ2) is 6.10. The maximum atomic E-state index is 11.0. The van der Waals surface area contributed by atoms with Gasteiger partial charge < -0.3 is 10.4 Å². The number of hydrogen-bond acceptors (Lipinski definition) is 4. The van der Waals surface area contributed by atoms with Crippen LogP contribution in [-0.2, 0) is 0 Å². The molecule has 0 spiro atoms. The average molecular weight is 305 g/mol. The Morgan fingerprint density at radius 1 is 1.75 bits per heavy atom. The third-order valence-electron chi connectivity index (χ3n) is 1.88. The van der Waals surface area contributed by atoms with Gasteiger partial charge in [0.25, 0.3) is 0 Å². The number of carbonyl (C=O) groups is 1. The summed E-state index contributed by atoms with van der Waals surface area (Å²) in [5, 5.41) is 12.1. The minimum absolute atomic E-state index is 0.182. The molecule has 6 heteroatoms. The summed E-state index contributed by atoms with van der Waals surface area (Å²) in [4.78, 5) is 15.1. The van der Waals surface area contributed by atoms with Crippen molar-refractivity contribution in [3.8, 4) is 0 Å². The first-order valence-corrected chi connectivity index (χ1v) is 6.87. The Labute approximate surface area is 107 Å². The van der Waals surface area contributed by atoms with Crippen molar-refractivity contribution in [2.24, 2.45) is 0 Å². The van der Waals surface area contributed by atoms with Crippen LogP contribution in [0.15, 0.2) is 16.7 Å². The number of nitrogens with one attached hydrogen (secondary N) is 1. The van der Waals surface area contributed by atoms with Gasteiger partial charge in [-0.05, 0) is 35.2 Å². The lowest BCUT2D eigenvalue weighted by molar-refractivity contribution is 0.0697. The van der Waals surface area contributed by atoms with Crippen molar-refractivity contribution in [1.82, 2.24) is 4.98 Å². The van der Waals surface area contributed by atoms with E-state index in [0.717, 1.165) is 5.75 Å². The highest BCUT2D eigenvalue weighted by Crippen LogP contribution is 2.19. The molecule has 4 nitrogen and oxygen atoms in total. The Hall–Kier alpha value is -0.750. The van der Waals surface area contributed by atoms with E-state index in [1.165, 1.54) is 0 Å². The van der Waals surface area contributed by atoms with E-state index in [0.29, 0.717) is 10.3 Å². The van der Waals surface area contributed by atoms with E-state index >= 15 is 0 Å². The van der Waals surface area contributed by atoms with Crippen LogP contribution in [0.4, 0.5) is 5.82 Å². The largest absolute Gasteiger partial charge is 0.478 e. The molecular weight excluding hydrogens is 292 g/mol. The highest BCUT2D eigenvalue weighted by molar-refractivity contribution is 9.10. The molecule has 1 unspecified atom stereocenters. The number of pyridine rings is 1. The summed E-state index contributed by atoms with van der Waals surface area (Å²) in [5.41, 5.74) is 0.183. The van der Waals surface area contributed by atoms with Crippen molar-refractivity contribution in [3.05, 3.63) is 22.3 Å². The molecule has 1 rings (SSSR count). The molecule has 88 valence electrons. The van der Waals surface area contributed by atoms with Crippen molar-refractivity contribution >= 4 is 39.5 Å². The smallest absolute Gasteiger partial charge is 0.339 e. The maximum Gasteiger partial charge on any atom is 0.339 e. The zero-order valence-electron chi connectivity index (χ0n) is 9.03. The molecule has 0 bridgehead atoms. The number of halogens is 1. The van der Waals surface area contributed by atoms with Gasteiger partial charge in [0.1, 0.15) is 11.4 Å². The number of carboxylic acid groups (broad SMARTS) is 1. The molecule has 0 aliphatic rings. The number of hydrogen-bond donors (Lipinski definition) is 2. The van der Waals surface area contributed by atoms with E-state index in [9.17, 15) is 4.79 Å². The van der Waals surface area contributed by atoms with Gasteiger partial charge in [-0.25, -0.2) is 9.78 Å². The lowest BCUT2D eigenvalue weighted by atomic mass is 10.2. The Morgan fingerprint density at radius 2 is 2.44 bits per heavy atom. The zero-order valence-corrected chi connectivity index (χ0v) is 11.4. The molecule has 2 N–H and O–H groups in total. The molecule has 0 saturated carbocycles. The van der Waals surface area contributed by atoms with Crippen LogP contribution < -0.4 is 5.32 Å². The maximum absolute atomic E-state index is 11.0. The predicted molar refractivity (Wildman–Crippen MR) is 70.4 cm³/mol. The van der Waals surface area contributed by atoms with Crippen molar-refractivity contribution in [2.45, 2.75) is 13.0 Å². The van der Waals surface area contributed by atoms with Gasteiger partial charge in [-0.3, -0.25) is 0 Å². The Kier molecular flexibility index (Phi) is 5.08. The molecule has 0 aromatic carbocycles. The van der Waals surface area contributed by atoms with Gasteiger partial charge in [-0.1, -0.05) is 0 Å². The topological polar surface area (TPSA) is 62.2 Å². The molecule has 0 aliphatic carbocycles. The third kappa shape index (κ3) is 3.68. The van der Waals surface area contributed by atoms with Crippen molar-refractivity contribution < 1.29 is 9.90 Å². The van der Waals surface area contributed by atoms with E-state index in [1.807, 2.05) is 13.2 Å². The van der Waals surface area contributed by atoms with Gasteiger partial charge in [0.05, 0.1) is 0 Å². The monoisotopic (exact) mass is 304 g/mol. The summed E-state index contributed by atoms with van der Waals surface area (Å²) in [6, 6.07) is 1.73. The van der Waals surface area contributed by atoms with Crippen molar-refractivity contribution in [2.75, 3.05) is 17.3 Å². The molecule has 1 aromatic rings. The fourth-order valence-corrected chi connectivity index (χ4v) is 2.16. The number of anilines is 1. The molecule has 0 fully saturated rings. The number of aromatic carboxylic acids is 1. The van der Waals surface area contributed by atoms with Crippen LogP contribution in [0.3, 0.4) is 0 Å². The first kappa shape index (κ1) is 13.3. The predicted octanol–water partition coefficient (Wildman–Crippen LogP) is 2.71. The number of carboxylic acids is 1. The van der Waals surface area contributed by atoms with Gasteiger partial charge in [0.2, 0.25) is 0 Å². The molecule has 0 saturated heterocycles. The van der Waals surface area contributed by atoms with Crippen molar-refractivity contribution in [3.63, 3.8) is 0 Å². The number of rotatable bonds is 5. The first-order chi connectivity index (χ1) is 7.54. The standard InChI is InChI=1S/C10H13BrN2O2S/c1-6(5-16-2)13-9-8(10(14)15)3-7(11)4-12-9/h3-4,6H,5H2,1-2H3,(H,12,13)(H,14,15). The normalized spacial score (nSPS) is 12.2. The number of nitrogens with zero attached hydrogens (tertiary/aromatic N) is 1. The van der Waals surface area contributed by atoms with Gasteiger partial charge in [0, 0.05) is 22.5 Å². The second-order valence-electron chi connectivity index (χ2n) is 3.36. The number of thioether (sulfide) groups is 1. The first-order valence-electron chi connectivity index (χ1n) is 4.69. The summed E-state index contributed by atoms with van der Waals surface area (Å²) >= 11 is 4.90. The molecule has 1 atom stereocenters. The quantitative estimate of drug-likeness (QED) is 0.876. The van der Waals surface area contributed by atoms with Crippen LogP contribution in [0.5, 0.6) is 0 Å². The van der Waals surface area contributed by atoms with Crippen LogP contribution in [-0.4, -0.2) is 34.1 Å². The van der Waals surface area contributed by atoms with Crippen molar-refractivity contribution in [1.29, 1.82) is 0 Å². The Bertz CT molecular complexity index is 387. The van der Waals surface area contributed by atoms with E-state index in [1.54, 1.807) is 24.0 Å². The SMILES string of the molecule is CSCC(C)Nc1ncc(Br)cc1C(=O)O. The van der Waals surface area contributed by atoms with Crippen LogP contribution in [0.25, 0.3) is 0 Å². The number of aromatic nitrogens is 1. The lowest BCUT2D eigenvalue weighted by Crippen LogP contribution is -2.20. The van der Waals surface area contributed by atoms with E-state index in [4.69, 9.17) is 5.11 Å². The minimum atomic E-state index is -0.979. The van der Waals surface area contributed by atoms with Gasteiger partial charge in [0.15, 0.2) is 0 Å². The molecule has 1 heterocycles. The molecular formula is C10H13BrN2O2S. The van der Waals surface area contributed by atoms with Gasteiger partial charge in [-0.2, -0.15) is 11.8 Å². The lowest BCUT2D eigenvalue weighted by Gasteiger charge is -2.14. The van der Waals surface area contributed by atoms with E-state index < -0.39 is 5.97 Å².